The van der Waals surface area contributed by atoms with Crippen molar-refractivity contribution in [1.82, 2.24) is 4.90 Å². The van der Waals surface area contributed by atoms with Gasteiger partial charge in [-0.3, -0.25) is 14.5 Å². The van der Waals surface area contributed by atoms with E-state index >= 15 is 0 Å². The zero-order valence-electron chi connectivity index (χ0n) is 16.6. The van der Waals surface area contributed by atoms with Gasteiger partial charge in [0.2, 0.25) is 0 Å². The summed E-state index contributed by atoms with van der Waals surface area (Å²) < 4.78 is 8.98. The topological polar surface area (TPSA) is 46.6 Å². The van der Waals surface area contributed by atoms with Crippen molar-refractivity contribution in [2.75, 3.05) is 0 Å². The summed E-state index contributed by atoms with van der Waals surface area (Å²) in [6, 6.07) is 21.5. The zero-order valence-corrected chi connectivity index (χ0v) is 23.3. The summed E-state index contributed by atoms with van der Waals surface area (Å²) >= 11 is 8.93. The number of hydrogen-bond acceptors (Lipinski definition) is 4. The van der Waals surface area contributed by atoms with Crippen LogP contribution in [0.25, 0.3) is 6.08 Å². The minimum Gasteiger partial charge on any atom is -0.487 e. The van der Waals surface area contributed by atoms with Crippen LogP contribution in [0.3, 0.4) is 0 Å². The van der Waals surface area contributed by atoms with E-state index in [0.29, 0.717) is 17.3 Å². The number of rotatable bonds is 6. The molecule has 0 bridgehead atoms. The number of carbonyl (C=O) groups is 2. The average Bonchev–Trinajstić information content (AvgIpc) is 3.02. The van der Waals surface area contributed by atoms with Gasteiger partial charge in [0.1, 0.15) is 12.4 Å². The fraction of sp³-hybridized carbons (Fsp3) is 0.0833. The summed E-state index contributed by atoms with van der Waals surface area (Å²) in [6.45, 7) is 0.645. The monoisotopic (exact) mass is 731 g/mol. The lowest BCUT2D eigenvalue weighted by Crippen LogP contribution is -2.27. The molecule has 0 aliphatic carbocycles. The number of carbonyl (C=O) groups excluding carboxylic acids is 2. The predicted octanol–water partition coefficient (Wildman–Crippen LogP) is 7.47. The first-order valence-corrected chi connectivity index (χ1v) is 13.3. The van der Waals surface area contributed by atoms with Crippen LogP contribution in [0, 0.1) is 7.14 Å². The predicted molar refractivity (Wildman–Crippen MR) is 148 cm³/mol. The normalized spacial score (nSPS) is 15.0. The lowest BCUT2D eigenvalue weighted by Gasteiger charge is -2.14. The third-order valence-electron chi connectivity index (χ3n) is 4.71. The maximum absolute atomic E-state index is 13.1. The lowest BCUT2D eigenvalue weighted by molar-refractivity contribution is -0.123. The molecule has 4 nitrogen and oxygen atoms in total. The van der Waals surface area contributed by atoms with Crippen molar-refractivity contribution in [3.63, 3.8) is 0 Å². The van der Waals surface area contributed by atoms with Gasteiger partial charge in [-0.2, -0.15) is 0 Å². The molecule has 0 aromatic heterocycles. The lowest BCUT2D eigenvalue weighted by atomic mass is 10.1. The summed E-state index contributed by atoms with van der Waals surface area (Å²) in [5, 5.41) is -0.274. The summed E-state index contributed by atoms with van der Waals surface area (Å²) in [7, 11) is 0. The molecule has 2 amide bonds. The smallest absolute Gasteiger partial charge is 0.293 e. The first-order chi connectivity index (χ1) is 15.4. The Morgan fingerprint density at radius 1 is 1.00 bits per heavy atom. The second kappa shape index (κ2) is 10.7. The molecule has 0 radical (unpaired) electrons. The van der Waals surface area contributed by atoms with Crippen molar-refractivity contribution in [2.45, 2.75) is 13.2 Å². The SMILES string of the molecule is O=C1S/C(=C/c2cc(I)cc(I)c2OCc2ccccc2)C(=O)N1Cc1ccccc1Br. The number of amides is 2. The highest BCUT2D eigenvalue weighted by Gasteiger charge is 2.35. The summed E-state index contributed by atoms with van der Waals surface area (Å²) in [4.78, 5) is 27.3. The Morgan fingerprint density at radius 2 is 1.72 bits per heavy atom. The molecule has 1 aliphatic rings. The summed E-state index contributed by atoms with van der Waals surface area (Å²) in [6.07, 6.45) is 1.76. The molecular weight excluding hydrogens is 716 g/mol. The molecule has 1 fully saturated rings. The van der Waals surface area contributed by atoms with E-state index in [4.69, 9.17) is 4.74 Å². The van der Waals surface area contributed by atoms with Crippen LogP contribution in [0.2, 0.25) is 0 Å². The minimum absolute atomic E-state index is 0.227. The van der Waals surface area contributed by atoms with Crippen molar-refractivity contribution in [3.8, 4) is 5.75 Å². The van der Waals surface area contributed by atoms with E-state index in [1.807, 2.05) is 66.7 Å². The Kier molecular flexibility index (Phi) is 7.95. The number of hydrogen-bond donors (Lipinski definition) is 0. The van der Waals surface area contributed by atoms with Crippen LogP contribution in [0.4, 0.5) is 4.79 Å². The second-order valence-corrected chi connectivity index (χ2v) is 11.2. The van der Waals surface area contributed by atoms with Crippen LogP contribution in [0.1, 0.15) is 16.7 Å². The van der Waals surface area contributed by atoms with Gasteiger partial charge >= 0.3 is 0 Å². The fourth-order valence-corrected chi connectivity index (χ4v) is 6.43. The van der Waals surface area contributed by atoms with Crippen molar-refractivity contribution >= 4 is 90.1 Å². The Balaban J connectivity index is 1.61. The molecule has 162 valence electrons. The minimum atomic E-state index is -0.293. The molecule has 4 rings (SSSR count). The third-order valence-corrected chi connectivity index (χ3v) is 7.81. The van der Waals surface area contributed by atoms with Crippen LogP contribution in [0.15, 0.2) is 76.1 Å². The van der Waals surface area contributed by atoms with Crippen molar-refractivity contribution in [1.29, 1.82) is 0 Å². The van der Waals surface area contributed by atoms with Gasteiger partial charge in [-0.15, -0.1) is 0 Å². The first kappa shape index (κ1) is 23.8. The Bertz CT molecular complexity index is 1220. The number of benzene rings is 3. The van der Waals surface area contributed by atoms with Crippen LogP contribution in [-0.2, 0) is 17.9 Å². The average molecular weight is 732 g/mol. The first-order valence-electron chi connectivity index (χ1n) is 9.57. The molecule has 0 spiro atoms. The van der Waals surface area contributed by atoms with Gasteiger partial charge in [0.05, 0.1) is 15.0 Å². The van der Waals surface area contributed by atoms with E-state index in [2.05, 4.69) is 61.1 Å². The largest absolute Gasteiger partial charge is 0.487 e. The van der Waals surface area contributed by atoms with Crippen molar-refractivity contribution in [2.24, 2.45) is 0 Å². The number of ether oxygens (including phenoxy) is 1. The van der Waals surface area contributed by atoms with Crippen LogP contribution in [0.5, 0.6) is 5.75 Å². The number of imide groups is 1. The fourth-order valence-electron chi connectivity index (χ4n) is 3.14. The third kappa shape index (κ3) is 5.57. The molecule has 0 unspecified atom stereocenters. The molecule has 0 saturated carbocycles. The molecule has 3 aromatic carbocycles. The highest BCUT2D eigenvalue weighted by atomic mass is 127. The Hall–Kier alpha value is -1.37. The number of nitrogens with zero attached hydrogens (tertiary/aromatic N) is 1. The van der Waals surface area contributed by atoms with Gasteiger partial charge in [-0.25, -0.2) is 0 Å². The second-order valence-electron chi connectivity index (χ2n) is 6.94. The van der Waals surface area contributed by atoms with E-state index in [0.717, 1.165) is 40.1 Å². The highest BCUT2D eigenvalue weighted by molar-refractivity contribution is 14.1. The quantitative estimate of drug-likeness (QED) is 0.195. The molecule has 1 heterocycles. The zero-order chi connectivity index (χ0) is 22.7. The number of thioether (sulfide) groups is 1. The summed E-state index contributed by atoms with van der Waals surface area (Å²) in [5.74, 6) is 0.408. The van der Waals surface area contributed by atoms with E-state index in [-0.39, 0.29) is 17.7 Å². The molecule has 1 aliphatic heterocycles. The molecule has 32 heavy (non-hydrogen) atoms. The Labute approximate surface area is 226 Å². The summed E-state index contributed by atoms with van der Waals surface area (Å²) in [5.41, 5.74) is 2.72. The van der Waals surface area contributed by atoms with Gasteiger partial charge in [0.15, 0.2) is 0 Å². The number of halogens is 3. The molecule has 1 saturated heterocycles. The Morgan fingerprint density at radius 3 is 2.47 bits per heavy atom. The molecule has 0 atom stereocenters. The van der Waals surface area contributed by atoms with Gasteiger partial charge in [-0.1, -0.05) is 64.5 Å². The van der Waals surface area contributed by atoms with Crippen LogP contribution in [-0.4, -0.2) is 16.0 Å². The van der Waals surface area contributed by atoms with E-state index < -0.39 is 0 Å². The molecular formula is C24H16BrI2NO3S. The van der Waals surface area contributed by atoms with Gasteiger partial charge in [-0.05, 0) is 92.3 Å². The van der Waals surface area contributed by atoms with Gasteiger partial charge in [0.25, 0.3) is 11.1 Å². The van der Waals surface area contributed by atoms with E-state index in [1.54, 1.807) is 6.08 Å². The van der Waals surface area contributed by atoms with Gasteiger partial charge in [0, 0.05) is 13.6 Å². The van der Waals surface area contributed by atoms with Crippen LogP contribution < -0.4 is 4.74 Å². The van der Waals surface area contributed by atoms with Crippen molar-refractivity contribution < 1.29 is 14.3 Å². The van der Waals surface area contributed by atoms with Crippen molar-refractivity contribution in [3.05, 3.63) is 99.9 Å². The van der Waals surface area contributed by atoms with E-state index in [9.17, 15) is 9.59 Å². The molecule has 0 N–H and O–H groups in total. The maximum Gasteiger partial charge on any atom is 0.293 e. The maximum atomic E-state index is 13.1. The standard InChI is InChI=1S/C24H16BrI2NO3S/c25-19-9-5-4-8-16(19)13-28-23(29)21(32-24(28)30)11-17-10-18(26)12-20(27)22(17)31-14-15-6-2-1-3-7-15/h1-12H,13-14H2/b21-11+. The molecule has 8 heteroatoms. The van der Waals surface area contributed by atoms with E-state index in [1.165, 1.54) is 4.90 Å². The highest BCUT2D eigenvalue weighted by Crippen LogP contribution is 2.37. The van der Waals surface area contributed by atoms with Gasteiger partial charge < -0.3 is 4.74 Å². The molecule has 3 aromatic rings. The van der Waals surface area contributed by atoms with Crippen LogP contribution >= 0.6 is 72.9 Å².